The lowest BCUT2D eigenvalue weighted by Crippen LogP contribution is -2.25. The van der Waals surface area contributed by atoms with Crippen LogP contribution in [0.4, 0.5) is 5.69 Å². The molecular weight excluding hydrogens is 206 g/mol. The maximum Gasteiger partial charge on any atom is 0.0458 e. The lowest BCUT2D eigenvalue weighted by atomic mass is 10.1. The number of anilines is 1. The summed E-state index contributed by atoms with van der Waals surface area (Å²) in [5, 5.41) is 0.891. The van der Waals surface area contributed by atoms with E-state index in [0.717, 1.165) is 17.9 Å². The Morgan fingerprint density at radius 2 is 2.00 bits per heavy atom. The topological polar surface area (TPSA) is 3.24 Å². The Bertz CT molecular complexity index is 320. The van der Waals surface area contributed by atoms with Crippen molar-refractivity contribution in [2.45, 2.75) is 39.7 Å². The van der Waals surface area contributed by atoms with Gasteiger partial charge in [-0.25, -0.2) is 0 Å². The SMILES string of the molecule is CCCc1ccc(N(C)C(C)C)cc1Cl. The predicted molar refractivity (Wildman–Crippen MR) is 69.0 cm³/mol. The molecule has 0 aliphatic heterocycles. The number of hydrogen-bond donors (Lipinski definition) is 0. The van der Waals surface area contributed by atoms with Crippen molar-refractivity contribution >= 4 is 17.3 Å². The number of aryl methyl sites for hydroxylation is 1. The van der Waals surface area contributed by atoms with E-state index in [-0.39, 0.29) is 0 Å². The van der Waals surface area contributed by atoms with Crippen molar-refractivity contribution in [2.24, 2.45) is 0 Å². The van der Waals surface area contributed by atoms with E-state index in [1.807, 2.05) is 0 Å². The maximum atomic E-state index is 6.23. The van der Waals surface area contributed by atoms with Gasteiger partial charge in [0.15, 0.2) is 0 Å². The van der Waals surface area contributed by atoms with E-state index in [1.165, 1.54) is 11.3 Å². The minimum Gasteiger partial charge on any atom is -0.372 e. The Morgan fingerprint density at radius 3 is 2.47 bits per heavy atom. The highest BCUT2D eigenvalue weighted by atomic mass is 35.5. The second-order valence-electron chi connectivity index (χ2n) is 4.23. The third-order valence-electron chi connectivity index (χ3n) is 2.74. The van der Waals surface area contributed by atoms with Gasteiger partial charge in [-0.3, -0.25) is 0 Å². The summed E-state index contributed by atoms with van der Waals surface area (Å²) in [5.74, 6) is 0. The van der Waals surface area contributed by atoms with Crippen molar-refractivity contribution in [1.82, 2.24) is 0 Å². The van der Waals surface area contributed by atoms with Crippen molar-refractivity contribution in [3.05, 3.63) is 28.8 Å². The van der Waals surface area contributed by atoms with Crippen LogP contribution < -0.4 is 4.90 Å². The van der Waals surface area contributed by atoms with Gasteiger partial charge in [0.1, 0.15) is 0 Å². The smallest absolute Gasteiger partial charge is 0.0458 e. The van der Waals surface area contributed by atoms with Crippen molar-refractivity contribution in [3.8, 4) is 0 Å². The van der Waals surface area contributed by atoms with E-state index in [9.17, 15) is 0 Å². The minimum atomic E-state index is 0.498. The van der Waals surface area contributed by atoms with E-state index in [4.69, 9.17) is 11.6 Å². The fourth-order valence-electron chi connectivity index (χ4n) is 1.53. The first-order chi connectivity index (χ1) is 7.06. The van der Waals surface area contributed by atoms with Crippen LogP contribution in [0, 0.1) is 0 Å². The summed E-state index contributed by atoms with van der Waals surface area (Å²) in [6, 6.07) is 6.85. The molecule has 0 amide bonds. The minimum absolute atomic E-state index is 0.498. The molecule has 0 aromatic heterocycles. The second-order valence-corrected chi connectivity index (χ2v) is 4.64. The molecule has 0 atom stereocenters. The summed E-state index contributed by atoms with van der Waals surface area (Å²) in [5.41, 5.74) is 2.44. The summed E-state index contributed by atoms with van der Waals surface area (Å²) in [7, 11) is 2.09. The molecule has 2 heteroatoms. The normalized spacial score (nSPS) is 10.8. The highest BCUT2D eigenvalue weighted by Gasteiger charge is 2.07. The van der Waals surface area contributed by atoms with Gasteiger partial charge in [-0.2, -0.15) is 0 Å². The predicted octanol–water partition coefficient (Wildman–Crippen LogP) is 4.14. The number of halogens is 1. The summed E-state index contributed by atoms with van der Waals surface area (Å²) in [4.78, 5) is 2.22. The molecule has 0 unspecified atom stereocenters. The third-order valence-corrected chi connectivity index (χ3v) is 3.09. The Kier molecular flexibility index (Phi) is 4.46. The van der Waals surface area contributed by atoms with Gasteiger partial charge in [-0.15, -0.1) is 0 Å². The Balaban J connectivity index is 2.90. The molecular formula is C13H20ClN. The van der Waals surface area contributed by atoms with Gasteiger partial charge in [0.05, 0.1) is 0 Å². The summed E-state index contributed by atoms with van der Waals surface area (Å²) in [6.45, 7) is 6.52. The molecule has 0 radical (unpaired) electrons. The fourth-order valence-corrected chi connectivity index (χ4v) is 1.80. The van der Waals surface area contributed by atoms with Gasteiger partial charge in [0, 0.05) is 23.8 Å². The van der Waals surface area contributed by atoms with Crippen LogP contribution in [0.15, 0.2) is 18.2 Å². The van der Waals surface area contributed by atoms with Crippen LogP contribution >= 0.6 is 11.6 Å². The van der Waals surface area contributed by atoms with Crippen molar-refractivity contribution in [2.75, 3.05) is 11.9 Å². The Labute approximate surface area is 98.0 Å². The molecule has 0 N–H and O–H groups in total. The highest BCUT2D eigenvalue weighted by molar-refractivity contribution is 6.31. The van der Waals surface area contributed by atoms with Crippen molar-refractivity contribution in [3.63, 3.8) is 0 Å². The fraction of sp³-hybridized carbons (Fsp3) is 0.538. The van der Waals surface area contributed by atoms with E-state index < -0.39 is 0 Å². The molecule has 84 valence electrons. The van der Waals surface area contributed by atoms with E-state index in [2.05, 4.69) is 50.9 Å². The van der Waals surface area contributed by atoms with Crippen molar-refractivity contribution < 1.29 is 0 Å². The second kappa shape index (κ2) is 5.41. The number of hydrogen-bond acceptors (Lipinski definition) is 1. The summed E-state index contributed by atoms with van der Waals surface area (Å²) >= 11 is 6.23. The zero-order chi connectivity index (χ0) is 11.4. The zero-order valence-corrected chi connectivity index (χ0v) is 10.8. The molecule has 1 rings (SSSR count). The van der Waals surface area contributed by atoms with E-state index in [0.29, 0.717) is 6.04 Å². The molecule has 0 saturated heterocycles. The Morgan fingerprint density at radius 1 is 1.33 bits per heavy atom. The average molecular weight is 226 g/mol. The standard InChI is InChI=1S/C13H20ClN/c1-5-6-11-7-8-12(9-13(11)14)15(4)10(2)3/h7-10H,5-6H2,1-4H3. The molecule has 0 spiro atoms. The molecule has 1 aromatic carbocycles. The first-order valence-electron chi connectivity index (χ1n) is 5.57. The first-order valence-corrected chi connectivity index (χ1v) is 5.95. The number of rotatable bonds is 4. The Hall–Kier alpha value is -0.690. The monoisotopic (exact) mass is 225 g/mol. The highest BCUT2D eigenvalue weighted by Crippen LogP contribution is 2.24. The number of nitrogens with zero attached hydrogens (tertiary/aromatic N) is 1. The molecule has 15 heavy (non-hydrogen) atoms. The van der Waals surface area contributed by atoms with Gasteiger partial charge in [0.25, 0.3) is 0 Å². The maximum absolute atomic E-state index is 6.23. The third kappa shape index (κ3) is 3.13. The molecule has 0 aliphatic rings. The van der Waals surface area contributed by atoms with Crippen LogP contribution in [-0.2, 0) is 6.42 Å². The molecule has 0 fully saturated rings. The lowest BCUT2D eigenvalue weighted by Gasteiger charge is -2.24. The van der Waals surface area contributed by atoms with Gasteiger partial charge in [0.2, 0.25) is 0 Å². The molecule has 0 bridgehead atoms. The molecule has 0 saturated carbocycles. The zero-order valence-electron chi connectivity index (χ0n) is 10.0. The van der Waals surface area contributed by atoms with E-state index >= 15 is 0 Å². The van der Waals surface area contributed by atoms with Gasteiger partial charge < -0.3 is 4.90 Å². The van der Waals surface area contributed by atoms with Gasteiger partial charge >= 0.3 is 0 Å². The first kappa shape index (κ1) is 12.4. The van der Waals surface area contributed by atoms with Gasteiger partial charge in [-0.05, 0) is 38.0 Å². The summed E-state index contributed by atoms with van der Waals surface area (Å²) < 4.78 is 0. The van der Waals surface area contributed by atoms with Crippen LogP contribution in [0.5, 0.6) is 0 Å². The molecule has 1 aromatic rings. The van der Waals surface area contributed by atoms with Crippen LogP contribution in [0.25, 0.3) is 0 Å². The van der Waals surface area contributed by atoms with Crippen molar-refractivity contribution in [1.29, 1.82) is 0 Å². The molecule has 0 aliphatic carbocycles. The average Bonchev–Trinajstić information content (AvgIpc) is 2.20. The lowest BCUT2D eigenvalue weighted by molar-refractivity contribution is 0.754. The molecule has 1 nitrogen and oxygen atoms in total. The van der Waals surface area contributed by atoms with Crippen LogP contribution in [0.3, 0.4) is 0 Å². The van der Waals surface area contributed by atoms with Crippen LogP contribution in [0.2, 0.25) is 5.02 Å². The van der Waals surface area contributed by atoms with Crippen LogP contribution in [0.1, 0.15) is 32.8 Å². The number of benzene rings is 1. The quantitative estimate of drug-likeness (QED) is 0.745. The molecule has 0 heterocycles. The van der Waals surface area contributed by atoms with Crippen LogP contribution in [-0.4, -0.2) is 13.1 Å². The summed E-state index contributed by atoms with van der Waals surface area (Å²) in [6.07, 6.45) is 2.20. The van der Waals surface area contributed by atoms with E-state index in [1.54, 1.807) is 0 Å². The largest absolute Gasteiger partial charge is 0.372 e. The van der Waals surface area contributed by atoms with Gasteiger partial charge in [-0.1, -0.05) is 31.0 Å².